The second kappa shape index (κ2) is 7.13. The molecule has 5 N–H and O–H groups in total. The summed E-state index contributed by atoms with van der Waals surface area (Å²) in [6, 6.07) is 6.06. The maximum atomic E-state index is 12.4. The van der Waals surface area contributed by atoms with E-state index in [-0.39, 0.29) is 28.3 Å². The average Bonchev–Trinajstić information content (AvgIpc) is 3.24. The van der Waals surface area contributed by atoms with Crippen molar-refractivity contribution in [2.24, 2.45) is 0 Å². The Bertz CT molecular complexity index is 1020. The van der Waals surface area contributed by atoms with Gasteiger partial charge in [0.1, 0.15) is 30.4 Å². The Kier molecular flexibility index (Phi) is 4.65. The topological polar surface area (TPSA) is 163 Å². The zero-order valence-corrected chi connectivity index (χ0v) is 14.4. The highest BCUT2D eigenvalue weighted by Gasteiger charge is 2.44. The number of para-hydroxylation sites is 1. The van der Waals surface area contributed by atoms with Gasteiger partial charge in [0, 0.05) is 0 Å². The van der Waals surface area contributed by atoms with Gasteiger partial charge in [0.25, 0.3) is 5.91 Å². The lowest BCUT2D eigenvalue weighted by Crippen LogP contribution is -2.33. The number of hydrogen-bond donors (Lipinski definition) is 5. The number of anilines is 1. The molecule has 11 heteroatoms. The van der Waals surface area contributed by atoms with Gasteiger partial charge in [-0.05, 0) is 12.1 Å². The number of benzene rings is 1. The molecule has 3 heterocycles. The summed E-state index contributed by atoms with van der Waals surface area (Å²) < 4.78 is 6.87. The third kappa shape index (κ3) is 2.96. The van der Waals surface area contributed by atoms with Gasteiger partial charge >= 0.3 is 0 Å². The van der Waals surface area contributed by atoms with Crippen molar-refractivity contribution in [1.82, 2.24) is 19.5 Å². The molecule has 1 aliphatic rings. The number of carbonyl (C=O) groups excluding carboxylic acids is 1. The molecule has 0 aliphatic carbocycles. The minimum atomic E-state index is -1.30. The predicted octanol–water partition coefficient (Wildman–Crippen LogP) is -0.604. The molecular weight excluding hydrogens is 370 g/mol. The molecule has 4 rings (SSSR count). The first-order valence-electron chi connectivity index (χ1n) is 8.40. The number of hydrogen-bond acceptors (Lipinski definition) is 9. The first-order valence-corrected chi connectivity index (χ1v) is 8.40. The number of imidazole rings is 1. The fraction of sp³-hybridized carbons (Fsp3) is 0.294. The number of phenolic OH excluding ortho intramolecular Hbond substituents is 1. The molecule has 28 heavy (non-hydrogen) atoms. The summed E-state index contributed by atoms with van der Waals surface area (Å²) in [7, 11) is 0. The normalized spacial score (nSPS) is 24.5. The Labute approximate surface area is 157 Å². The molecule has 0 bridgehead atoms. The average molecular weight is 387 g/mol. The van der Waals surface area contributed by atoms with E-state index in [0.29, 0.717) is 0 Å². The van der Waals surface area contributed by atoms with E-state index in [2.05, 4.69) is 20.3 Å². The number of nitrogens with one attached hydrogen (secondary N) is 1. The number of amides is 1. The lowest BCUT2D eigenvalue weighted by atomic mass is 10.1. The van der Waals surface area contributed by atoms with Gasteiger partial charge in [0.2, 0.25) is 0 Å². The molecule has 1 fully saturated rings. The number of aromatic nitrogens is 4. The zero-order chi connectivity index (χ0) is 19.8. The van der Waals surface area contributed by atoms with Crippen LogP contribution in [0, 0.1) is 0 Å². The van der Waals surface area contributed by atoms with E-state index in [4.69, 9.17) is 4.74 Å². The summed E-state index contributed by atoms with van der Waals surface area (Å²) in [4.78, 5) is 24.7. The van der Waals surface area contributed by atoms with Gasteiger partial charge < -0.3 is 30.5 Å². The number of aromatic hydroxyl groups is 1. The summed E-state index contributed by atoms with van der Waals surface area (Å²) >= 11 is 0. The van der Waals surface area contributed by atoms with Crippen molar-refractivity contribution in [2.45, 2.75) is 24.5 Å². The van der Waals surface area contributed by atoms with E-state index >= 15 is 0 Å². The molecule has 0 spiro atoms. The number of fused-ring (bicyclic) bond motifs is 1. The SMILES string of the molecule is O=C(Nc1ncnc2c1ncn2[C@@H]1O[C@H](CO)[C@@H](O)[C@H]1O)c1ccccc1O. The van der Waals surface area contributed by atoms with Crippen LogP contribution in [0.2, 0.25) is 0 Å². The standard InChI is InChI=1S/C17H17N5O6/c23-5-10-12(25)13(26)17(28-10)22-7-20-11-14(18-6-19-15(11)22)21-16(27)8-3-1-2-4-9(8)24/h1-4,6-7,10,12-13,17,23-26H,5H2,(H,18,19,21,27)/t10-,12-,13-,17-/m1/s1. The third-order valence-electron chi connectivity index (χ3n) is 4.53. The van der Waals surface area contributed by atoms with Crippen molar-refractivity contribution in [3.63, 3.8) is 0 Å². The van der Waals surface area contributed by atoms with Gasteiger partial charge in [0.15, 0.2) is 23.2 Å². The second-order valence-electron chi connectivity index (χ2n) is 6.25. The van der Waals surface area contributed by atoms with E-state index in [1.165, 1.54) is 29.4 Å². The number of nitrogens with zero attached hydrogens (tertiary/aromatic N) is 4. The maximum Gasteiger partial charge on any atom is 0.260 e. The van der Waals surface area contributed by atoms with Crippen LogP contribution in [0.3, 0.4) is 0 Å². The number of phenols is 1. The monoisotopic (exact) mass is 387 g/mol. The fourth-order valence-electron chi connectivity index (χ4n) is 3.08. The van der Waals surface area contributed by atoms with E-state index in [1.54, 1.807) is 12.1 Å². The van der Waals surface area contributed by atoms with Crippen LogP contribution >= 0.6 is 0 Å². The van der Waals surface area contributed by atoms with E-state index in [0.717, 1.165) is 0 Å². The number of ether oxygens (including phenoxy) is 1. The maximum absolute atomic E-state index is 12.4. The lowest BCUT2D eigenvalue weighted by molar-refractivity contribution is -0.0511. The number of aliphatic hydroxyl groups excluding tert-OH is 3. The molecule has 4 atom stereocenters. The number of aliphatic hydroxyl groups is 3. The third-order valence-corrected chi connectivity index (χ3v) is 4.53. The van der Waals surface area contributed by atoms with Gasteiger partial charge in [-0.25, -0.2) is 15.0 Å². The van der Waals surface area contributed by atoms with Crippen LogP contribution in [0.15, 0.2) is 36.9 Å². The molecule has 1 aliphatic heterocycles. The highest BCUT2D eigenvalue weighted by molar-refractivity contribution is 6.08. The Morgan fingerprint density at radius 2 is 1.96 bits per heavy atom. The van der Waals surface area contributed by atoms with Crippen molar-refractivity contribution in [3.8, 4) is 5.75 Å². The fourth-order valence-corrected chi connectivity index (χ4v) is 3.08. The molecule has 3 aromatic rings. The summed E-state index contributed by atoms with van der Waals surface area (Å²) in [5.74, 6) is -0.661. The summed E-state index contributed by atoms with van der Waals surface area (Å²) in [6.07, 6.45) is -2.01. The quantitative estimate of drug-likeness (QED) is 0.393. The Morgan fingerprint density at radius 1 is 1.18 bits per heavy atom. The Balaban J connectivity index is 1.66. The minimum Gasteiger partial charge on any atom is -0.507 e. The van der Waals surface area contributed by atoms with Crippen molar-refractivity contribution in [3.05, 3.63) is 42.5 Å². The minimum absolute atomic E-state index is 0.0668. The van der Waals surface area contributed by atoms with Crippen molar-refractivity contribution < 1.29 is 30.0 Å². The molecular formula is C17H17N5O6. The van der Waals surface area contributed by atoms with Gasteiger partial charge in [-0.15, -0.1) is 0 Å². The summed E-state index contributed by atoms with van der Waals surface area (Å²) in [5.41, 5.74) is 0.540. The Hall–Kier alpha value is -3.12. The largest absolute Gasteiger partial charge is 0.507 e. The predicted molar refractivity (Wildman–Crippen MR) is 94.4 cm³/mol. The first-order chi connectivity index (χ1) is 13.5. The zero-order valence-electron chi connectivity index (χ0n) is 14.4. The van der Waals surface area contributed by atoms with E-state index in [9.17, 15) is 25.2 Å². The molecule has 146 valence electrons. The van der Waals surface area contributed by atoms with Crippen LogP contribution in [0.4, 0.5) is 5.82 Å². The molecule has 0 radical (unpaired) electrons. The summed E-state index contributed by atoms with van der Waals surface area (Å²) in [5, 5.41) is 41.8. The molecule has 1 aromatic carbocycles. The van der Waals surface area contributed by atoms with Crippen LogP contribution in [0.1, 0.15) is 16.6 Å². The van der Waals surface area contributed by atoms with E-state index in [1.807, 2.05) is 0 Å². The lowest BCUT2D eigenvalue weighted by Gasteiger charge is -2.16. The number of carbonyl (C=O) groups is 1. The number of rotatable bonds is 4. The van der Waals surface area contributed by atoms with Gasteiger partial charge in [-0.3, -0.25) is 9.36 Å². The molecule has 11 nitrogen and oxygen atoms in total. The van der Waals surface area contributed by atoms with Crippen molar-refractivity contribution >= 4 is 22.9 Å². The Morgan fingerprint density at radius 3 is 2.68 bits per heavy atom. The van der Waals surface area contributed by atoms with Crippen LogP contribution in [0.5, 0.6) is 5.75 Å². The molecule has 0 saturated carbocycles. The van der Waals surface area contributed by atoms with Crippen LogP contribution in [0.25, 0.3) is 11.2 Å². The molecule has 1 amide bonds. The molecule has 2 aromatic heterocycles. The second-order valence-corrected chi connectivity index (χ2v) is 6.25. The van der Waals surface area contributed by atoms with Gasteiger partial charge in [0.05, 0.1) is 18.5 Å². The van der Waals surface area contributed by atoms with Gasteiger partial charge in [-0.2, -0.15) is 0 Å². The summed E-state index contributed by atoms with van der Waals surface area (Å²) in [6.45, 7) is -0.460. The van der Waals surface area contributed by atoms with Crippen molar-refractivity contribution in [2.75, 3.05) is 11.9 Å². The smallest absolute Gasteiger partial charge is 0.260 e. The van der Waals surface area contributed by atoms with Crippen LogP contribution < -0.4 is 5.32 Å². The molecule has 0 unspecified atom stereocenters. The highest BCUT2D eigenvalue weighted by Crippen LogP contribution is 2.32. The first kappa shape index (κ1) is 18.3. The van der Waals surface area contributed by atoms with Crippen molar-refractivity contribution in [1.29, 1.82) is 0 Å². The van der Waals surface area contributed by atoms with E-state index < -0.39 is 37.1 Å². The van der Waals surface area contributed by atoms with Crippen LogP contribution in [-0.4, -0.2) is 70.8 Å². The highest BCUT2D eigenvalue weighted by atomic mass is 16.6. The van der Waals surface area contributed by atoms with Gasteiger partial charge in [-0.1, -0.05) is 12.1 Å². The van der Waals surface area contributed by atoms with Crippen LogP contribution in [-0.2, 0) is 4.74 Å². The molecule has 1 saturated heterocycles.